The molecule has 0 amide bonds. The second kappa shape index (κ2) is 3.36. The molecule has 0 saturated carbocycles. The maximum absolute atomic E-state index is 10.5. The van der Waals surface area contributed by atoms with Gasteiger partial charge >= 0.3 is 5.97 Å². The molecule has 0 aliphatic heterocycles. The summed E-state index contributed by atoms with van der Waals surface area (Å²) < 4.78 is 5.22. The number of benzene rings is 1. The van der Waals surface area contributed by atoms with Crippen LogP contribution in [0, 0.1) is 6.92 Å². The van der Waals surface area contributed by atoms with E-state index in [9.17, 15) is 9.90 Å². The van der Waals surface area contributed by atoms with Crippen LogP contribution < -0.4 is 0 Å². The molecule has 0 radical (unpaired) electrons. The number of carboxylic acid groups (broad SMARTS) is 1. The fourth-order valence-electron chi connectivity index (χ4n) is 1.37. The number of aliphatic carboxylic acids is 1. The molecule has 78 valence electrons. The molecule has 1 heterocycles. The Balaban J connectivity index is 2.50. The summed E-state index contributed by atoms with van der Waals surface area (Å²) in [5, 5.41) is 17.9. The fraction of sp³-hybridized carbons (Fsp3) is 0.200. The van der Waals surface area contributed by atoms with Crippen LogP contribution in [0.25, 0.3) is 11.1 Å². The fourth-order valence-corrected chi connectivity index (χ4v) is 1.37. The maximum atomic E-state index is 10.5. The standard InChI is InChI=1S/C10H9NO4/c1-5-11-7-3-2-6(4-8(7)15-5)9(12)10(13)14/h2-4,9,12H,1H3,(H,13,14). The SMILES string of the molecule is Cc1nc2ccc(C(O)C(=O)O)cc2o1. The highest BCUT2D eigenvalue weighted by atomic mass is 16.4. The quantitative estimate of drug-likeness (QED) is 0.774. The molecule has 1 aromatic heterocycles. The lowest BCUT2D eigenvalue weighted by Gasteiger charge is -2.03. The molecular weight excluding hydrogens is 198 g/mol. The molecule has 0 aliphatic carbocycles. The Hall–Kier alpha value is -1.88. The number of aromatic nitrogens is 1. The van der Waals surface area contributed by atoms with E-state index >= 15 is 0 Å². The molecule has 5 nitrogen and oxygen atoms in total. The minimum Gasteiger partial charge on any atom is -0.479 e. The molecule has 2 rings (SSSR count). The summed E-state index contributed by atoms with van der Waals surface area (Å²) >= 11 is 0. The van der Waals surface area contributed by atoms with E-state index in [1.807, 2.05) is 0 Å². The molecule has 1 atom stereocenters. The summed E-state index contributed by atoms with van der Waals surface area (Å²) in [5.74, 6) is -0.780. The van der Waals surface area contributed by atoms with Gasteiger partial charge in [0.05, 0.1) is 0 Å². The number of carboxylic acids is 1. The van der Waals surface area contributed by atoms with E-state index in [1.165, 1.54) is 12.1 Å². The van der Waals surface area contributed by atoms with Crippen LogP contribution in [0.1, 0.15) is 17.6 Å². The van der Waals surface area contributed by atoms with Crippen LogP contribution in [-0.4, -0.2) is 21.2 Å². The number of aryl methyl sites for hydroxylation is 1. The number of aliphatic hydroxyl groups excluding tert-OH is 1. The van der Waals surface area contributed by atoms with Crippen molar-refractivity contribution >= 4 is 17.1 Å². The third-order valence-electron chi connectivity index (χ3n) is 2.07. The number of nitrogens with zero attached hydrogens (tertiary/aromatic N) is 1. The van der Waals surface area contributed by atoms with Gasteiger partial charge in [-0.1, -0.05) is 6.07 Å². The van der Waals surface area contributed by atoms with E-state index in [1.54, 1.807) is 13.0 Å². The van der Waals surface area contributed by atoms with Crippen molar-refractivity contribution in [2.45, 2.75) is 13.0 Å². The number of carbonyl (C=O) groups is 1. The molecule has 5 heteroatoms. The lowest BCUT2D eigenvalue weighted by atomic mass is 10.1. The van der Waals surface area contributed by atoms with Crippen LogP contribution in [0.15, 0.2) is 22.6 Å². The minimum absolute atomic E-state index is 0.283. The van der Waals surface area contributed by atoms with Gasteiger partial charge in [-0.05, 0) is 17.7 Å². The Kier molecular flexibility index (Phi) is 2.17. The number of fused-ring (bicyclic) bond motifs is 1. The third kappa shape index (κ3) is 1.69. The third-order valence-corrected chi connectivity index (χ3v) is 2.07. The predicted molar refractivity (Wildman–Crippen MR) is 51.3 cm³/mol. The van der Waals surface area contributed by atoms with E-state index in [2.05, 4.69) is 4.98 Å². The summed E-state index contributed by atoms with van der Waals surface area (Å²) in [6.45, 7) is 1.70. The lowest BCUT2D eigenvalue weighted by molar-refractivity contribution is -0.146. The Morgan fingerprint density at radius 2 is 2.27 bits per heavy atom. The van der Waals surface area contributed by atoms with Gasteiger partial charge in [0.25, 0.3) is 0 Å². The van der Waals surface area contributed by atoms with Crippen LogP contribution in [0.2, 0.25) is 0 Å². The second-order valence-corrected chi connectivity index (χ2v) is 3.20. The van der Waals surface area contributed by atoms with E-state index < -0.39 is 12.1 Å². The summed E-state index contributed by atoms with van der Waals surface area (Å²) in [7, 11) is 0. The lowest BCUT2D eigenvalue weighted by Crippen LogP contribution is -2.09. The Bertz CT molecular complexity index is 517. The van der Waals surface area contributed by atoms with Crippen molar-refractivity contribution < 1.29 is 19.4 Å². The summed E-state index contributed by atoms with van der Waals surface area (Å²) in [5.41, 5.74) is 1.41. The monoisotopic (exact) mass is 207 g/mol. The van der Waals surface area contributed by atoms with Crippen LogP contribution >= 0.6 is 0 Å². The van der Waals surface area contributed by atoms with Crippen molar-refractivity contribution in [1.82, 2.24) is 4.98 Å². The van der Waals surface area contributed by atoms with Crippen molar-refractivity contribution in [3.63, 3.8) is 0 Å². The van der Waals surface area contributed by atoms with Crippen LogP contribution in [0.3, 0.4) is 0 Å². The molecule has 2 N–H and O–H groups in total. The van der Waals surface area contributed by atoms with Gasteiger partial charge in [-0.25, -0.2) is 9.78 Å². The average molecular weight is 207 g/mol. The second-order valence-electron chi connectivity index (χ2n) is 3.20. The van der Waals surface area contributed by atoms with Crippen molar-refractivity contribution in [3.8, 4) is 0 Å². The number of hydrogen-bond acceptors (Lipinski definition) is 4. The average Bonchev–Trinajstić information content (AvgIpc) is 2.55. The Morgan fingerprint density at radius 1 is 1.53 bits per heavy atom. The molecule has 0 bridgehead atoms. The summed E-state index contributed by atoms with van der Waals surface area (Å²) in [6.07, 6.45) is -1.53. The van der Waals surface area contributed by atoms with Crippen molar-refractivity contribution in [2.75, 3.05) is 0 Å². The molecule has 2 aromatic rings. The number of rotatable bonds is 2. The van der Waals surface area contributed by atoms with Crippen molar-refractivity contribution in [3.05, 3.63) is 29.7 Å². The van der Waals surface area contributed by atoms with Gasteiger partial charge in [0.2, 0.25) is 0 Å². The van der Waals surface area contributed by atoms with Crippen LogP contribution in [-0.2, 0) is 4.79 Å². The van der Waals surface area contributed by atoms with Gasteiger partial charge in [0, 0.05) is 6.92 Å². The van der Waals surface area contributed by atoms with Gasteiger partial charge in [0.1, 0.15) is 5.52 Å². The highest BCUT2D eigenvalue weighted by Gasteiger charge is 2.16. The van der Waals surface area contributed by atoms with Crippen LogP contribution in [0.5, 0.6) is 0 Å². The minimum atomic E-state index is -1.53. The van der Waals surface area contributed by atoms with Gasteiger partial charge in [0.15, 0.2) is 17.6 Å². The Labute approximate surface area is 85.0 Å². The van der Waals surface area contributed by atoms with Crippen LogP contribution in [0.4, 0.5) is 0 Å². The molecule has 1 unspecified atom stereocenters. The molecule has 0 fully saturated rings. The molecule has 0 spiro atoms. The van der Waals surface area contributed by atoms with Gasteiger partial charge in [-0.15, -0.1) is 0 Å². The largest absolute Gasteiger partial charge is 0.479 e. The van der Waals surface area contributed by atoms with E-state index in [4.69, 9.17) is 9.52 Å². The zero-order valence-corrected chi connectivity index (χ0v) is 7.97. The normalized spacial score (nSPS) is 12.9. The topological polar surface area (TPSA) is 83.6 Å². The molecule has 0 saturated heterocycles. The first-order valence-electron chi connectivity index (χ1n) is 4.36. The molecule has 1 aromatic carbocycles. The molecular formula is C10H9NO4. The summed E-state index contributed by atoms with van der Waals surface area (Å²) in [4.78, 5) is 14.6. The van der Waals surface area contributed by atoms with Crippen molar-refractivity contribution in [2.24, 2.45) is 0 Å². The van der Waals surface area contributed by atoms with Gasteiger partial charge < -0.3 is 14.6 Å². The zero-order valence-electron chi connectivity index (χ0n) is 7.97. The van der Waals surface area contributed by atoms with Gasteiger partial charge in [-0.2, -0.15) is 0 Å². The van der Waals surface area contributed by atoms with Gasteiger partial charge in [-0.3, -0.25) is 0 Å². The summed E-state index contributed by atoms with van der Waals surface area (Å²) in [6, 6.07) is 4.62. The highest BCUT2D eigenvalue weighted by molar-refractivity contribution is 5.78. The first-order valence-corrected chi connectivity index (χ1v) is 4.36. The first-order chi connectivity index (χ1) is 7.08. The number of oxazole rings is 1. The Morgan fingerprint density at radius 3 is 2.93 bits per heavy atom. The predicted octanol–water partition coefficient (Wildman–Crippen LogP) is 1.25. The first kappa shape index (κ1) is 9.67. The number of aliphatic hydroxyl groups is 1. The highest BCUT2D eigenvalue weighted by Crippen LogP contribution is 2.21. The molecule has 0 aliphatic rings. The zero-order chi connectivity index (χ0) is 11.0. The maximum Gasteiger partial charge on any atom is 0.337 e. The number of hydrogen-bond donors (Lipinski definition) is 2. The van der Waals surface area contributed by atoms with Crippen molar-refractivity contribution in [1.29, 1.82) is 0 Å². The molecule has 15 heavy (non-hydrogen) atoms. The van der Waals surface area contributed by atoms with E-state index in [0.717, 1.165) is 0 Å². The van der Waals surface area contributed by atoms with E-state index in [0.29, 0.717) is 17.0 Å². The smallest absolute Gasteiger partial charge is 0.337 e. The van der Waals surface area contributed by atoms with E-state index in [-0.39, 0.29) is 5.56 Å².